The number of anilines is 3. The van der Waals surface area contributed by atoms with Gasteiger partial charge in [-0.15, -0.1) is 0 Å². The Morgan fingerprint density at radius 2 is 0.889 bits per heavy atom. The van der Waals surface area contributed by atoms with Gasteiger partial charge in [-0.25, -0.2) is 0 Å². The van der Waals surface area contributed by atoms with Gasteiger partial charge in [-0.3, -0.25) is 0 Å². The maximum Gasteiger partial charge on any atom is 0.136 e. The van der Waals surface area contributed by atoms with E-state index in [1.54, 1.807) is 0 Å². The molecule has 0 aliphatic rings. The highest BCUT2D eigenvalue weighted by molar-refractivity contribution is 6.17. The highest BCUT2D eigenvalue weighted by atomic mass is 16.3. The lowest BCUT2D eigenvalue weighted by Gasteiger charge is -2.28. The summed E-state index contributed by atoms with van der Waals surface area (Å²) in [7, 11) is 0. The molecule has 11 aromatic carbocycles. The average Bonchev–Trinajstić information content (AvgIpc) is 3.89. The smallest absolute Gasteiger partial charge is 0.136 e. The SMILES string of the molecule is c1ccc(N(c2ccc(-c3cc4ccccc4c4ccccc34)cc2)c2ccc(-n3c4ccccc4c4ccccc43)cc2)c(-c2cccc3oc4cc5ccccc5cc4c23)c1. The van der Waals surface area contributed by atoms with Gasteiger partial charge in [0, 0.05) is 44.2 Å². The summed E-state index contributed by atoms with van der Waals surface area (Å²) >= 11 is 0. The van der Waals surface area contributed by atoms with Crippen LogP contribution in [0, 0.1) is 0 Å². The maximum atomic E-state index is 6.60. The molecule has 0 unspecified atom stereocenters. The van der Waals surface area contributed by atoms with Crippen molar-refractivity contribution in [3.8, 4) is 27.9 Å². The number of fused-ring (bicyclic) bond motifs is 10. The Morgan fingerprint density at radius 1 is 0.333 bits per heavy atom. The summed E-state index contributed by atoms with van der Waals surface area (Å²) in [6.07, 6.45) is 0. The number of benzene rings is 11. The first kappa shape index (κ1) is 35.4. The third-order valence-corrected chi connectivity index (χ3v) is 12.9. The second kappa shape index (κ2) is 14.1. The highest BCUT2D eigenvalue weighted by Crippen LogP contribution is 2.46. The van der Waals surface area contributed by atoms with E-state index in [9.17, 15) is 0 Å². The first-order valence-corrected chi connectivity index (χ1v) is 21.6. The van der Waals surface area contributed by atoms with E-state index in [1.165, 1.54) is 65.3 Å². The van der Waals surface area contributed by atoms with E-state index in [-0.39, 0.29) is 0 Å². The molecule has 0 atom stereocenters. The molecule has 0 radical (unpaired) electrons. The predicted molar refractivity (Wildman–Crippen MR) is 266 cm³/mol. The number of aromatic nitrogens is 1. The Hall–Kier alpha value is -8.40. The molecule has 0 saturated heterocycles. The number of nitrogens with zero attached hydrogens (tertiary/aromatic N) is 2. The molecule has 0 aliphatic heterocycles. The Labute approximate surface area is 363 Å². The van der Waals surface area contributed by atoms with Crippen LogP contribution in [0.25, 0.3) is 104 Å². The molecule has 294 valence electrons. The number of rotatable bonds is 6. The van der Waals surface area contributed by atoms with Crippen LogP contribution in [-0.2, 0) is 0 Å². The monoisotopic (exact) mass is 802 g/mol. The molecule has 0 amide bonds. The Bertz CT molecular complexity index is 3860. The van der Waals surface area contributed by atoms with Crippen molar-refractivity contribution in [2.75, 3.05) is 4.90 Å². The normalized spacial score (nSPS) is 11.8. The minimum Gasteiger partial charge on any atom is -0.456 e. The van der Waals surface area contributed by atoms with Crippen molar-refractivity contribution >= 4 is 93.1 Å². The molecule has 3 nitrogen and oxygen atoms in total. The lowest BCUT2D eigenvalue weighted by Crippen LogP contribution is -2.11. The van der Waals surface area contributed by atoms with Gasteiger partial charge >= 0.3 is 0 Å². The number of hydrogen-bond acceptors (Lipinski definition) is 2. The summed E-state index contributed by atoms with van der Waals surface area (Å²) in [5, 5.41) is 12.1. The van der Waals surface area contributed by atoms with Crippen LogP contribution in [-0.4, -0.2) is 4.57 Å². The standard InChI is InChI=1S/C60H38N2O/c1-2-15-41-38-59-54(36-40(41)14-1)60-52(23-13-27-58(60)63-59)51-22-9-10-24-55(51)61(44-32-34-45(35-33-44)62-56-25-11-7-20-49(56)50-21-8-12-26-57(50)62)43-30-28-39(29-31-43)53-37-42-16-3-4-17-46(42)47-18-5-6-19-48(47)53/h1-38H. The largest absolute Gasteiger partial charge is 0.456 e. The van der Waals surface area contributed by atoms with Gasteiger partial charge in [-0.1, -0.05) is 152 Å². The molecular formula is C60H38N2O. The van der Waals surface area contributed by atoms with E-state index in [0.717, 1.165) is 55.8 Å². The second-order valence-corrected chi connectivity index (χ2v) is 16.5. The third kappa shape index (κ3) is 5.60. The van der Waals surface area contributed by atoms with Crippen molar-refractivity contribution in [1.82, 2.24) is 4.57 Å². The van der Waals surface area contributed by atoms with Gasteiger partial charge in [0.1, 0.15) is 11.2 Å². The van der Waals surface area contributed by atoms with Gasteiger partial charge in [-0.2, -0.15) is 0 Å². The highest BCUT2D eigenvalue weighted by Gasteiger charge is 2.22. The number of para-hydroxylation sites is 3. The van der Waals surface area contributed by atoms with Gasteiger partial charge in [0.15, 0.2) is 0 Å². The average molecular weight is 803 g/mol. The Balaban J connectivity index is 1.00. The van der Waals surface area contributed by atoms with Gasteiger partial charge in [-0.05, 0) is 128 Å². The van der Waals surface area contributed by atoms with Gasteiger partial charge in [0.25, 0.3) is 0 Å². The van der Waals surface area contributed by atoms with Crippen LogP contribution in [0.5, 0.6) is 0 Å². The minimum absolute atomic E-state index is 0.877. The molecule has 0 N–H and O–H groups in total. The van der Waals surface area contributed by atoms with Crippen LogP contribution in [0.1, 0.15) is 0 Å². The second-order valence-electron chi connectivity index (χ2n) is 16.5. The van der Waals surface area contributed by atoms with E-state index in [1.807, 2.05) is 0 Å². The van der Waals surface area contributed by atoms with E-state index in [0.29, 0.717) is 0 Å². The zero-order valence-electron chi connectivity index (χ0n) is 34.2. The fourth-order valence-corrected chi connectivity index (χ4v) is 10.1. The van der Waals surface area contributed by atoms with Crippen molar-refractivity contribution in [3.05, 3.63) is 231 Å². The molecule has 2 aromatic heterocycles. The molecule has 0 saturated carbocycles. The molecular weight excluding hydrogens is 765 g/mol. The maximum absolute atomic E-state index is 6.60. The van der Waals surface area contributed by atoms with Crippen molar-refractivity contribution in [1.29, 1.82) is 0 Å². The summed E-state index contributed by atoms with van der Waals surface area (Å²) in [6, 6.07) is 83.5. The van der Waals surface area contributed by atoms with Crippen LogP contribution >= 0.6 is 0 Å². The molecule has 63 heavy (non-hydrogen) atoms. The summed E-state index contributed by atoms with van der Waals surface area (Å²) in [5.41, 5.74) is 13.1. The van der Waals surface area contributed by atoms with E-state index in [2.05, 4.69) is 240 Å². The van der Waals surface area contributed by atoms with E-state index in [4.69, 9.17) is 4.42 Å². The first-order chi connectivity index (χ1) is 31.2. The number of furan rings is 1. The van der Waals surface area contributed by atoms with Crippen LogP contribution < -0.4 is 4.90 Å². The molecule has 0 bridgehead atoms. The molecule has 2 heterocycles. The van der Waals surface area contributed by atoms with Crippen molar-refractivity contribution in [2.45, 2.75) is 0 Å². The molecule has 3 heteroatoms. The predicted octanol–water partition coefficient (Wildman–Crippen LogP) is 16.9. The van der Waals surface area contributed by atoms with Crippen molar-refractivity contribution in [2.24, 2.45) is 0 Å². The van der Waals surface area contributed by atoms with E-state index < -0.39 is 0 Å². The molecule has 13 rings (SSSR count). The zero-order valence-corrected chi connectivity index (χ0v) is 34.2. The fraction of sp³-hybridized carbons (Fsp3) is 0. The minimum atomic E-state index is 0.877. The first-order valence-electron chi connectivity index (χ1n) is 21.6. The summed E-state index contributed by atoms with van der Waals surface area (Å²) < 4.78 is 8.98. The summed E-state index contributed by atoms with van der Waals surface area (Å²) in [5.74, 6) is 0. The molecule has 0 spiro atoms. The molecule has 0 fully saturated rings. The van der Waals surface area contributed by atoms with Crippen LogP contribution in [0.3, 0.4) is 0 Å². The third-order valence-electron chi connectivity index (χ3n) is 12.9. The Kier molecular flexibility index (Phi) is 7.91. The van der Waals surface area contributed by atoms with Gasteiger partial charge in [0.05, 0.1) is 16.7 Å². The van der Waals surface area contributed by atoms with Crippen LogP contribution in [0.4, 0.5) is 17.1 Å². The lowest BCUT2D eigenvalue weighted by atomic mass is 9.93. The summed E-state index contributed by atoms with van der Waals surface area (Å²) in [4.78, 5) is 2.41. The summed E-state index contributed by atoms with van der Waals surface area (Å²) in [6.45, 7) is 0. The van der Waals surface area contributed by atoms with Crippen LogP contribution in [0.15, 0.2) is 235 Å². The van der Waals surface area contributed by atoms with Crippen molar-refractivity contribution < 1.29 is 4.42 Å². The van der Waals surface area contributed by atoms with Gasteiger partial charge in [0.2, 0.25) is 0 Å². The van der Waals surface area contributed by atoms with Crippen LogP contribution in [0.2, 0.25) is 0 Å². The van der Waals surface area contributed by atoms with E-state index >= 15 is 0 Å². The molecule has 0 aliphatic carbocycles. The Morgan fingerprint density at radius 3 is 1.62 bits per heavy atom. The number of hydrogen-bond donors (Lipinski definition) is 0. The zero-order chi connectivity index (χ0) is 41.4. The van der Waals surface area contributed by atoms with Gasteiger partial charge < -0.3 is 13.9 Å². The lowest BCUT2D eigenvalue weighted by molar-refractivity contribution is 0.669. The molecule has 13 aromatic rings. The fourth-order valence-electron chi connectivity index (χ4n) is 10.1. The van der Waals surface area contributed by atoms with Crippen molar-refractivity contribution in [3.63, 3.8) is 0 Å². The topological polar surface area (TPSA) is 21.3 Å². The quantitative estimate of drug-likeness (QED) is 0.156.